The third-order valence-corrected chi connectivity index (χ3v) is 3.29. The van der Waals surface area contributed by atoms with Crippen LogP contribution < -0.4 is 10.9 Å². The number of hydrogen-bond donors (Lipinski definition) is 2. The van der Waals surface area contributed by atoms with Crippen LogP contribution in [0.1, 0.15) is 18.4 Å². The molecule has 0 unspecified atom stereocenters. The molecule has 0 aliphatic carbocycles. The molecule has 7 nitrogen and oxygen atoms in total. The second-order valence-corrected chi connectivity index (χ2v) is 5.20. The SMILES string of the molecule is CCOCc1nc(NC)cc(Sc2nc(C)cc(=O)[nH]2)n1. The van der Waals surface area contributed by atoms with Crippen molar-refractivity contribution in [2.75, 3.05) is 19.0 Å². The fraction of sp³-hybridized carbons (Fsp3) is 0.385. The molecule has 2 N–H and O–H groups in total. The third-order valence-electron chi connectivity index (χ3n) is 2.49. The summed E-state index contributed by atoms with van der Waals surface area (Å²) in [5, 5.41) is 4.18. The molecule has 112 valence electrons. The van der Waals surface area contributed by atoms with Gasteiger partial charge in [0.1, 0.15) is 17.5 Å². The monoisotopic (exact) mass is 307 g/mol. The van der Waals surface area contributed by atoms with E-state index in [4.69, 9.17) is 4.74 Å². The Labute approximate surface area is 126 Å². The van der Waals surface area contributed by atoms with E-state index in [0.29, 0.717) is 40.7 Å². The Hall–Kier alpha value is -1.93. The Morgan fingerprint density at radius 2 is 2.14 bits per heavy atom. The van der Waals surface area contributed by atoms with Crippen LogP contribution in [0.4, 0.5) is 5.82 Å². The van der Waals surface area contributed by atoms with Gasteiger partial charge in [-0.3, -0.25) is 4.79 Å². The summed E-state index contributed by atoms with van der Waals surface area (Å²) in [6, 6.07) is 3.24. The van der Waals surface area contributed by atoms with Gasteiger partial charge in [0, 0.05) is 31.5 Å². The summed E-state index contributed by atoms with van der Waals surface area (Å²) in [5.41, 5.74) is 0.487. The van der Waals surface area contributed by atoms with Gasteiger partial charge in [-0.25, -0.2) is 15.0 Å². The summed E-state index contributed by atoms with van der Waals surface area (Å²) in [7, 11) is 1.79. The van der Waals surface area contributed by atoms with Crippen LogP contribution in [-0.4, -0.2) is 33.6 Å². The molecule has 0 amide bonds. The Morgan fingerprint density at radius 1 is 1.33 bits per heavy atom. The maximum absolute atomic E-state index is 11.5. The van der Waals surface area contributed by atoms with Gasteiger partial charge in [0.25, 0.3) is 5.56 Å². The number of anilines is 1. The van der Waals surface area contributed by atoms with Crippen LogP contribution in [0, 0.1) is 6.92 Å². The minimum atomic E-state index is -0.178. The van der Waals surface area contributed by atoms with Crippen molar-refractivity contribution in [1.29, 1.82) is 0 Å². The number of aromatic nitrogens is 4. The fourth-order valence-electron chi connectivity index (χ4n) is 1.61. The molecule has 8 heteroatoms. The number of nitrogens with one attached hydrogen (secondary N) is 2. The lowest BCUT2D eigenvalue weighted by molar-refractivity contribution is 0.128. The Kier molecular flexibility index (Phi) is 5.29. The minimum absolute atomic E-state index is 0.178. The molecule has 2 heterocycles. The molecule has 21 heavy (non-hydrogen) atoms. The molecule has 2 rings (SSSR count). The Bertz CT molecular complexity index is 674. The average molecular weight is 307 g/mol. The number of aromatic amines is 1. The van der Waals surface area contributed by atoms with Crippen LogP contribution >= 0.6 is 11.8 Å². The van der Waals surface area contributed by atoms with E-state index in [9.17, 15) is 4.79 Å². The first-order chi connectivity index (χ1) is 10.1. The van der Waals surface area contributed by atoms with Crippen LogP contribution in [0.25, 0.3) is 0 Å². The average Bonchev–Trinajstić information content (AvgIpc) is 2.43. The van der Waals surface area contributed by atoms with Gasteiger partial charge in [-0.1, -0.05) is 0 Å². The molecule has 0 radical (unpaired) electrons. The van der Waals surface area contributed by atoms with Gasteiger partial charge >= 0.3 is 0 Å². The zero-order valence-corrected chi connectivity index (χ0v) is 13.0. The highest BCUT2D eigenvalue weighted by molar-refractivity contribution is 7.99. The maximum atomic E-state index is 11.5. The van der Waals surface area contributed by atoms with Gasteiger partial charge in [-0.05, 0) is 25.6 Å². The molecule has 2 aromatic rings. The van der Waals surface area contributed by atoms with Gasteiger partial charge < -0.3 is 15.0 Å². The van der Waals surface area contributed by atoms with Crippen molar-refractivity contribution in [2.45, 2.75) is 30.6 Å². The van der Waals surface area contributed by atoms with Gasteiger partial charge in [-0.2, -0.15) is 0 Å². The normalized spacial score (nSPS) is 10.6. The van der Waals surface area contributed by atoms with E-state index < -0.39 is 0 Å². The number of rotatable bonds is 6. The lowest BCUT2D eigenvalue weighted by atomic mass is 10.5. The molecule has 0 aromatic carbocycles. The first-order valence-corrected chi connectivity index (χ1v) is 7.31. The van der Waals surface area contributed by atoms with Crippen LogP contribution in [0.3, 0.4) is 0 Å². The Morgan fingerprint density at radius 3 is 2.81 bits per heavy atom. The summed E-state index contributed by atoms with van der Waals surface area (Å²) in [6.07, 6.45) is 0. The molecular weight excluding hydrogens is 290 g/mol. The van der Waals surface area contributed by atoms with Crippen molar-refractivity contribution in [1.82, 2.24) is 19.9 Å². The molecule has 0 bridgehead atoms. The van der Waals surface area contributed by atoms with Gasteiger partial charge in [-0.15, -0.1) is 0 Å². The summed E-state index contributed by atoms with van der Waals surface area (Å²) < 4.78 is 5.33. The van der Waals surface area contributed by atoms with E-state index in [0.717, 1.165) is 0 Å². The van der Waals surface area contributed by atoms with E-state index in [2.05, 4.69) is 25.3 Å². The van der Waals surface area contributed by atoms with E-state index in [1.165, 1.54) is 17.8 Å². The summed E-state index contributed by atoms with van der Waals surface area (Å²) in [4.78, 5) is 27.1. The highest BCUT2D eigenvalue weighted by Gasteiger charge is 2.08. The van der Waals surface area contributed by atoms with Crippen molar-refractivity contribution >= 4 is 17.6 Å². The maximum Gasteiger partial charge on any atom is 0.251 e. The predicted molar refractivity (Wildman–Crippen MR) is 80.6 cm³/mol. The first-order valence-electron chi connectivity index (χ1n) is 6.50. The molecule has 0 atom stereocenters. The highest BCUT2D eigenvalue weighted by atomic mass is 32.2. The molecule has 0 fully saturated rings. The zero-order chi connectivity index (χ0) is 15.2. The van der Waals surface area contributed by atoms with Crippen LogP contribution in [0.5, 0.6) is 0 Å². The standard InChI is InChI=1S/C13H17N5O2S/c1-4-20-7-10-16-9(14-3)6-12(17-10)21-13-15-8(2)5-11(19)18-13/h5-6H,4,7H2,1-3H3,(H,14,16,17)(H,15,18,19). The molecule has 0 spiro atoms. The lowest BCUT2D eigenvalue weighted by Crippen LogP contribution is -2.08. The smallest absolute Gasteiger partial charge is 0.251 e. The van der Waals surface area contributed by atoms with E-state index >= 15 is 0 Å². The minimum Gasteiger partial charge on any atom is -0.374 e. The van der Waals surface area contributed by atoms with Crippen LogP contribution in [0.15, 0.2) is 27.1 Å². The van der Waals surface area contributed by atoms with Crippen LogP contribution in [0.2, 0.25) is 0 Å². The molecule has 0 aliphatic heterocycles. The van der Waals surface area contributed by atoms with E-state index in [-0.39, 0.29) is 5.56 Å². The molecular formula is C13H17N5O2S. The van der Waals surface area contributed by atoms with E-state index in [1.807, 2.05) is 6.92 Å². The van der Waals surface area contributed by atoms with Gasteiger partial charge in [0.15, 0.2) is 11.0 Å². The summed E-state index contributed by atoms with van der Waals surface area (Å²) in [6.45, 7) is 4.64. The van der Waals surface area contributed by atoms with Crippen molar-refractivity contribution in [2.24, 2.45) is 0 Å². The number of H-pyrrole nitrogens is 1. The summed E-state index contributed by atoms with van der Waals surface area (Å²) >= 11 is 1.28. The number of ether oxygens (including phenoxy) is 1. The number of aryl methyl sites for hydroxylation is 1. The second kappa shape index (κ2) is 7.19. The molecule has 0 aliphatic rings. The van der Waals surface area contributed by atoms with Crippen molar-refractivity contribution in [3.63, 3.8) is 0 Å². The quantitative estimate of drug-likeness (QED) is 0.618. The largest absolute Gasteiger partial charge is 0.374 e. The van der Waals surface area contributed by atoms with Crippen molar-refractivity contribution < 1.29 is 4.74 Å². The zero-order valence-electron chi connectivity index (χ0n) is 12.1. The predicted octanol–water partition coefficient (Wildman–Crippen LogP) is 1.60. The van der Waals surface area contributed by atoms with Crippen molar-refractivity contribution in [3.05, 3.63) is 34.0 Å². The molecule has 0 saturated carbocycles. The van der Waals surface area contributed by atoms with Crippen molar-refractivity contribution in [3.8, 4) is 0 Å². The third kappa shape index (κ3) is 4.54. The molecule has 2 aromatic heterocycles. The highest BCUT2D eigenvalue weighted by Crippen LogP contribution is 2.24. The fourth-order valence-corrected chi connectivity index (χ4v) is 2.47. The van der Waals surface area contributed by atoms with Crippen LogP contribution in [-0.2, 0) is 11.3 Å². The summed E-state index contributed by atoms with van der Waals surface area (Å²) in [5.74, 6) is 1.28. The molecule has 0 saturated heterocycles. The van der Waals surface area contributed by atoms with Gasteiger partial charge in [0.2, 0.25) is 0 Å². The number of nitrogens with zero attached hydrogens (tertiary/aromatic N) is 3. The van der Waals surface area contributed by atoms with Gasteiger partial charge in [0.05, 0.1) is 0 Å². The Balaban J connectivity index is 2.27. The first kappa shape index (κ1) is 15.5. The van der Waals surface area contributed by atoms with E-state index in [1.54, 1.807) is 20.0 Å². The lowest BCUT2D eigenvalue weighted by Gasteiger charge is -2.07. The number of hydrogen-bond acceptors (Lipinski definition) is 7. The second-order valence-electron chi connectivity index (χ2n) is 4.19. The topological polar surface area (TPSA) is 92.8 Å².